The Morgan fingerprint density at radius 3 is 1.50 bits per heavy atom. The molecule has 6 rings (SSSR count). The van der Waals surface area contributed by atoms with Gasteiger partial charge in [-0.1, -0.05) is 66.2 Å². The van der Waals surface area contributed by atoms with E-state index in [1.165, 1.54) is 44.5 Å². The molecule has 0 N–H and O–H groups in total. The molecule has 40 heavy (non-hydrogen) atoms. The van der Waals surface area contributed by atoms with E-state index in [-0.39, 0.29) is 44.8 Å². The third kappa shape index (κ3) is 8.45. The molecule has 0 fully saturated rings. The van der Waals surface area contributed by atoms with E-state index in [0.29, 0.717) is 0 Å². The van der Waals surface area contributed by atoms with Gasteiger partial charge in [0.15, 0.2) is 0 Å². The van der Waals surface area contributed by atoms with Crippen molar-refractivity contribution in [3.05, 3.63) is 131 Å². The summed E-state index contributed by atoms with van der Waals surface area (Å²) in [5.41, 5.74) is 12.4. The fraction of sp³-hybridized carbons (Fsp3) is 0.222. The van der Waals surface area contributed by atoms with Crippen molar-refractivity contribution in [2.75, 3.05) is 41.3 Å². The molecule has 0 saturated heterocycles. The summed E-state index contributed by atoms with van der Waals surface area (Å²) in [4.78, 5) is 4.36. The number of hydrogen-bond donors (Lipinski definition) is 0. The van der Waals surface area contributed by atoms with E-state index in [1.54, 1.807) is 0 Å². The molecule has 0 atom stereocenters. The molecule has 0 bridgehead atoms. The van der Waals surface area contributed by atoms with Crippen molar-refractivity contribution < 1.29 is 44.8 Å². The van der Waals surface area contributed by atoms with Crippen LogP contribution in [0, 0.1) is 24.7 Å². The molecule has 2 aliphatic rings. The fourth-order valence-corrected chi connectivity index (χ4v) is 4.82. The van der Waals surface area contributed by atoms with Gasteiger partial charge in [-0.3, -0.25) is 11.8 Å². The Morgan fingerprint density at radius 1 is 0.525 bits per heavy atom. The molecule has 4 aromatic carbocycles. The molecular weight excluding hydrogens is 854 g/mol. The molecule has 4 heteroatoms. The minimum atomic E-state index is 0. The summed E-state index contributed by atoms with van der Waals surface area (Å²) in [5.74, 6) is 4.87. The van der Waals surface area contributed by atoms with Gasteiger partial charge in [0.25, 0.3) is 0 Å². The summed E-state index contributed by atoms with van der Waals surface area (Å²) in [6.07, 6.45) is 16.3. The normalized spacial score (nSPS) is 11.0. The second-order valence-electron chi connectivity index (χ2n) is 10.3. The van der Waals surface area contributed by atoms with Gasteiger partial charge >= 0.3 is 0 Å². The minimum absolute atomic E-state index is 0. The summed E-state index contributed by atoms with van der Waals surface area (Å²) in [6.45, 7) is 2.29. The molecule has 2 aliphatic carbocycles. The Labute approximate surface area is 272 Å². The zero-order valence-corrected chi connectivity index (χ0v) is 27.7. The molecule has 4 aromatic rings. The van der Waals surface area contributed by atoms with Crippen molar-refractivity contribution in [2.45, 2.75) is 12.8 Å². The van der Waals surface area contributed by atoms with E-state index in [2.05, 4.69) is 117 Å². The van der Waals surface area contributed by atoms with Crippen LogP contribution >= 0.6 is 0 Å². The monoisotopic (exact) mass is 888 g/mol. The Hall–Kier alpha value is -2.60. The van der Waals surface area contributed by atoms with Gasteiger partial charge in [-0.15, -0.1) is 35.4 Å². The smallest absolute Gasteiger partial charge is 0.0103 e. The van der Waals surface area contributed by atoms with Crippen LogP contribution in [0.15, 0.2) is 84.9 Å². The Bertz CT molecular complexity index is 1500. The SMILES string of the molecule is CN(C)CCN(C)C.[Au].[Au].[C-]#Cc1ccc2c(c1)-c1ccccc1C2.[C-]#Cc1ccc2c(c1)Cc1ccccc1-2. The predicted molar refractivity (Wildman–Crippen MR) is 159 cm³/mol. The predicted octanol–water partition coefficient (Wildman–Crippen LogP) is 6.50. The third-order valence-electron chi connectivity index (χ3n) is 6.88. The number of fused-ring (bicyclic) bond motifs is 6. The molecule has 0 aliphatic heterocycles. The number of benzene rings is 4. The van der Waals surface area contributed by atoms with E-state index < -0.39 is 0 Å². The minimum Gasteiger partial charge on any atom is -0.366 e. The molecule has 0 saturated carbocycles. The molecular formula is C36H34Au2N2-2. The molecule has 2 radical (unpaired) electrons. The molecule has 0 amide bonds. The van der Waals surface area contributed by atoms with Crippen molar-refractivity contribution in [3.63, 3.8) is 0 Å². The van der Waals surface area contributed by atoms with Crippen LogP contribution in [-0.4, -0.2) is 51.1 Å². The van der Waals surface area contributed by atoms with Crippen LogP contribution in [0.25, 0.3) is 22.3 Å². The van der Waals surface area contributed by atoms with Crippen LogP contribution in [0.1, 0.15) is 33.4 Å². The molecule has 2 nitrogen and oxygen atoms in total. The Balaban J connectivity index is 0.000000216. The van der Waals surface area contributed by atoms with E-state index >= 15 is 0 Å². The van der Waals surface area contributed by atoms with Gasteiger partial charge in [-0.2, -0.15) is 0 Å². The van der Waals surface area contributed by atoms with Gasteiger partial charge in [0.1, 0.15) is 0 Å². The molecule has 0 aromatic heterocycles. The topological polar surface area (TPSA) is 6.48 Å². The van der Waals surface area contributed by atoms with Crippen molar-refractivity contribution in [1.82, 2.24) is 9.80 Å². The molecule has 0 unspecified atom stereocenters. The van der Waals surface area contributed by atoms with Gasteiger partial charge in [0, 0.05) is 57.9 Å². The average molecular weight is 889 g/mol. The van der Waals surface area contributed by atoms with Gasteiger partial charge < -0.3 is 22.6 Å². The zero-order chi connectivity index (χ0) is 27.1. The molecule has 0 spiro atoms. The summed E-state index contributed by atoms with van der Waals surface area (Å²) in [7, 11) is 8.35. The third-order valence-corrected chi connectivity index (χ3v) is 6.88. The van der Waals surface area contributed by atoms with Crippen LogP contribution < -0.4 is 0 Å². The average Bonchev–Trinajstić information content (AvgIpc) is 3.49. The van der Waals surface area contributed by atoms with Crippen LogP contribution in [0.5, 0.6) is 0 Å². The number of hydrogen-bond acceptors (Lipinski definition) is 2. The number of likely N-dealkylation sites (N-methyl/N-ethyl adjacent to an activating group) is 2. The van der Waals surface area contributed by atoms with Crippen molar-refractivity contribution in [1.29, 1.82) is 0 Å². The maximum absolute atomic E-state index is 7.14. The first-order valence-electron chi connectivity index (χ1n) is 13.0. The van der Waals surface area contributed by atoms with E-state index in [0.717, 1.165) is 37.1 Å². The van der Waals surface area contributed by atoms with Gasteiger partial charge in [-0.05, 0) is 80.0 Å². The summed E-state index contributed by atoms with van der Waals surface area (Å²) in [5, 5.41) is 0. The van der Waals surface area contributed by atoms with Crippen LogP contribution in [0.4, 0.5) is 0 Å². The summed E-state index contributed by atoms with van der Waals surface area (Å²) in [6, 6.07) is 29.2. The fourth-order valence-electron chi connectivity index (χ4n) is 4.82. The molecule has 212 valence electrons. The maximum atomic E-state index is 7.14. The zero-order valence-electron chi connectivity index (χ0n) is 23.4. The first kappa shape index (κ1) is 33.6. The van der Waals surface area contributed by atoms with Gasteiger partial charge in [0.05, 0.1) is 0 Å². The van der Waals surface area contributed by atoms with E-state index in [9.17, 15) is 0 Å². The quantitative estimate of drug-likeness (QED) is 0.114. The van der Waals surface area contributed by atoms with Gasteiger partial charge in [-0.25, -0.2) is 0 Å². The van der Waals surface area contributed by atoms with Crippen molar-refractivity contribution in [3.8, 4) is 34.1 Å². The second-order valence-corrected chi connectivity index (χ2v) is 10.3. The first-order valence-corrected chi connectivity index (χ1v) is 13.0. The standard InChI is InChI=1S/2C15H9.C6H16N2.2Au/c1-2-11-7-8-15-13(9-11)10-12-5-3-4-6-14(12)15;1-2-11-7-8-13-10-12-5-3-4-6-14(12)15(13)9-11;1-7(2)5-6-8(3)4;;/h2*3-9H,10H2;5-6H2,1-4H3;;/q2*-1;;;. The maximum Gasteiger partial charge on any atom is 0.0103 e. The summed E-state index contributed by atoms with van der Waals surface area (Å²) >= 11 is 0. The Kier molecular flexibility index (Phi) is 13.4. The van der Waals surface area contributed by atoms with Crippen molar-refractivity contribution in [2.24, 2.45) is 0 Å². The summed E-state index contributed by atoms with van der Waals surface area (Å²) < 4.78 is 0. The number of rotatable bonds is 3. The van der Waals surface area contributed by atoms with E-state index in [1.807, 2.05) is 18.2 Å². The Morgan fingerprint density at radius 2 is 0.950 bits per heavy atom. The van der Waals surface area contributed by atoms with E-state index in [4.69, 9.17) is 12.8 Å². The van der Waals surface area contributed by atoms with Crippen LogP contribution in [0.3, 0.4) is 0 Å². The largest absolute Gasteiger partial charge is 0.366 e. The van der Waals surface area contributed by atoms with Gasteiger partial charge in [0.2, 0.25) is 0 Å². The first-order chi connectivity index (χ1) is 18.4. The van der Waals surface area contributed by atoms with Crippen LogP contribution in [0.2, 0.25) is 0 Å². The molecule has 0 heterocycles. The second kappa shape index (κ2) is 16.0. The van der Waals surface area contributed by atoms with Crippen LogP contribution in [-0.2, 0) is 57.6 Å². The number of nitrogens with zero attached hydrogens (tertiary/aromatic N) is 2. The van der Waals surface area contributed by atoms with Crippen molar-refractivity contribution >= 4 is 0 Å².